The van der Waals surface area contributed by atoms with E-state index in [4.69, 9.17) is 19.8 Å². The summed E-state index contributed by atoms with van der Waals surface area (Å²) in [7, 11) is 0. The Balaban J connectivity index is 1.58. The van der Waals surface area contributed by atoms with Crippen LogP contribution in [-0.4, -0.2) is 21.2 Å². The Labute approximate surface area is 161 Å². The third kappa shape index (κ3) is 5.44. The molecule has 8 nitrogen and oxygen atoms in total. The predicted octanol–water partition coefficient (Wildman–Crippen LogP) is 3.49. The summed E-state index contributed by atoms with van der Waals surface area (Å²) in [6.07, 6.45) is 0.400. The van der Waals surface area contributed by atoms with Crippen molar-refractivity contribution in [3.05, 3.63) is 77.7 Å². The van der Waals surface area contributed by atoms with Crippen LogP contribution in [0.1, 0.15) is 17.0 Å². The van der Waals surface area contributed by atoms with Crippen molar-refractivity contribution in [1.29, 1.82) is 5.26 Å². The first-order chi connectivity index (χ1) is 13.6. The summed E-state index contributed by atoms with van der Waals surface area (Å²) < 4.78 is 11.4. The van der Waals surface area contributed by atoms with E-state index in [2.05, 4.69) is 15.3 Å². The van der Waals surface area contributed by atoms with Crippen LogP contribution >= 0.6 is 0 Å². The molecule has 1 amide bonds. The number of hydrogen-bond acceptors (Lipinski definition) is 6. The van der Waals surface area contributed by atoms with E-state index in [0.29, 0.717) is 18.1 Å². The largest absolute Gasteiger partial charge is 0.489 e. The van der Waals surface area contributed by atoms with Gasteiger partial charge in [-0.25, -0.2) is 9.78 Å². The van der Waals surface area contributed by atoms with Crippen molar-refractivity contribution in [3.8, 4) is 23.4 Å². The molecule has 1 heterocycles. The molecular formula is C20H16N4O4. The summed E-state index contributed by atoms with van der Waals surface area (Å²) in [5.41, 5.74) is 1.81. The normalized spacial score (nSPS) is 9.96. The Morgan fingerprint density at radius 3 is 2.61 bits per heavy atom. The van der Waals surface area contributed by atoms with E-state index in [-0.39, 0.29) is 18.2 Å². The van der Waals surface area contributed by atoms with Gasteiger partial charge in [0.2, 0.25) is 11.7 Å². The van der Waals surface area contributed by atoms with Gasteiger partial charge in [0.15, 0.2) is 0 Å². The fourth-order valence-corrected chi connectivity index (χ4v) is 2.30. The molecule has 3 rings (SSSR count). The number of carbonyl (C=O) groups is 1. The number of ether oxygens (including phenoxy) is 2. The van der Waals surface area contributed by atoms with E-state index >= 15 is 0 Å². The zero-order valence-electron chi connectivity index (χ0n) is 14.7. The zero-order valence-corrected chi connectivity index (χ0v) is 14.7. The van der Waals surface area contributed by atoms with E-state index in [1.165, 1.54) is 6.20 Å². The third-order valence-electron chi connectivity index (χ3n) is 3.63. The first kappa shape index (κ1) is 18.7. The van der Waals surface area contributed by atoms with Gasteiger partial charge in [-0.15, -0.1) is 0 Å². The topological polar surface area (TPSA) is 117 Å². The highest BCUT2D eigenvalue weighted by atomic mass is 16.5. The fraction of sp³-hybridized carbons (Fsp3) is 0.100. The predicted molar refractivity (Wildman–Crippen MR) is 98.9 cm³/mol. The molecule has 1 aromatic heterocycles. The first-order valence-electron chi connectivity index (χ1n) is 8.31. The number of nitriles is 1. The van der Waals surface area contributed by atoms with Gasteiger partial charge in [0, 0.05) is 24.9 Å². The van der Waals surface area contributed by atoms with Gasteiger partial charge >= 0.3 is 6.09 Å². The molecule has 0 aliphatic carbocycles. The first-order valence-corrected chi connectivity index (χ1v) is 8.31. The van der Waals surface area contributed by atoms with Crippen molar-refractivity contribution in [2.75, 3.05) is 0 Å². The summed E-state index contributed by atoms with van der Waals surface area (Å²) >= 11 is 0. The minimum absolute atomic E-state index is 0.0342. The molecule has 2 N–H and O–H groups in total. The van der Waals surface area contributed by atoms with E-state index in [0.717, 1.165) is 11.1 Å². The SMILES string of the molecule is N#Cc1nccc(Oc2cccc(OCc3ccc(CNC(=O)O)cc3)c2)n1. The highest BCUT2D eigenvalue weighted by Crippen LogP contribution is 2.24. The number of aromatic nitrogens is 2. The smallest absolute Gasteiger partial charge is 0.404 e. The molecule has 0 saturated carbocycles. The number of carboxylic acid groups (broad SMARTS) is 1. The average molecular weight is 376 g/mol. The molecule has 28 heavy (non-hydrogen) atoms. The Bertz CT molecular complexity index is 1000. The standard InChI is InChI=1S/C20H16N4O4/c21-11-18-22-9-8-19(24-18)28-17-3-1-2-16(10-17)27-13-15-6-4-14(5-7-15)12-23-20(25)26/h1-10,23H,12-13H2,(H,25,26). The lowest BCUT2D eigenvalue weighted by Crippen LogP contribution is -2.19. The van der Waals surface area contributed by atoms with Crippen LogP contribution < -0.4 is 14.8 Å². The highest BCUT2D eigenvalue weighted by Gasteiger charge is 2.04. The number of rotatable bonds is 7. The molecule has 0 spiro atoms. The summed E-state index contributed by atoms with van der Waals surface area (Å²) in [5, 5.41) is 19.8. The summed E-state index contributed by atoms with van der Waals surface area (Å²) in [5.74, 6) is 1.44. The second kappa shape index (κ2) is 9.00. The number of nitrogens with zero attached hydrogens (tertiary/aromatic N) is 3. The van der Waals surface area contributed by atoms with E-state index in [1.54, 1.807) is 30.3 Å². The van der Waals surface area contributed by atoms with Crippen LogP contribution in [0.3, 0.4) is 0 Å². The minimum atomic E-state index is -1.06. The van der Waals surface area contributed by atoms with Gasteiger partial charge in [-0.05, 0) is 23.3 Å². The lowest BCUT2D eigenvalue weighted by molar-refractivity contribution is 0.194. The number of amides is 1. The van der Waals surface area contributed by atoms with E-state index in [9.17, 15) is 4.79 Å². The second-order valence-corrected chi connectivity index (χ2v) is 5.67. The lowest BCUT2D eigenvalue weighted by Gasteiger charge is -2.09. The van der Waals surface area contributed by atoms with Gasteiger partial charge in [-0.3, -0.25) is 0 Å². The summed E-state index contributed by atoms with van der Waals surface area (Å²) in [6, 6.07) is 17.9. The molecule has 0 unspecified atom stereocenters. The number of hydrogen-bond donors (Lipinski definition) is 2. The molecule has 0 aliphatic heterocycles. The molecule has 0 radical (unpaired) electrons. The monoisotopic (exact) mass is 376 g/mol. The summed E-state index contributed by atoms with van der Waals surface area (Å²) in [6.45, 7) is 0.606. The van der Waals surface area contributed by atoms with Gasteiger partial charge < -0.3 is 19.9 Å². The Kier molecular flexibility index (Phi) is 6.00. The molecule has 0 bridgehead atoms. The molecule has 0 atom stereocenters. The molecule has 0 fully saturated rings. The van der Waals surface area contributed by atoms with Crippen LogP contribution in [0.5, 0.6) is 17.4 Å². The van der Waals surface area contributed by atoms with Crippen molar-refractivity contribution >= 4 is 6.09 Å². The lowest BCUT2D eigenvalue weighted by atomic mass is 10.1. The molecule has 2 aromatic carbocycles. The fourth-order valence-electron chi connectivity index (χ4n) is 2.30. The molecule has 8 heteroatoms. The van der Waals surface area contributed by atoms with Crippen molar-refractivity contribution in [2.45, 2.75) is 13.2 Å². The van der Waals surface area contributed by atoms with Gasteiger partial charge in [-0.1, -0.05) is 30.3 Å². The maximum Gasteiger partial charge on any atom is 0.404 e. The van der Waals surface area contributed by atoms with Gasteiger partial charge in [0.1, 0.15) is 24.2 Å². The van der Waals surface area contributed by atoms with Gasteiger partial charge in [-0.2, -0.15) is 10.2 Å². The molecule has 3 aromatic rings. The van der Waals surface area contributed by atoms with Crippen molar-refractivity contribution in [1.82, 2.24) is 15.3 Å². The third-order valence-corrected chi connectivity index (χ3v) is 3.63. The Morgan fingerprint density at radius 1 is 1.11 bits per heavy atom. The molecular weight excluding hydrogens is 360 g/mol. The van der Waals surface area contributed by atoms with Crippen molar-refractivity contribution in [2.24, 2.45) is 0 Å². The maximum atomic E-state index is 10.5. The Hall–Kier alpha value is -4.12. The van der Waals surface area contributed by atoms with Crippen LogP contribution in [0, 0.1) is 11.3 Å². The average Bonchev–Trinajstić information content (AvgIpc) is 2.72. The van der Waals surface area contributed by atoms with Crippen LogP contribution in [0.2, 0.25) is 0 Å². The van der Waals surface area contributed by atoms with Crippen LogP contribution in [0.25, 0.3) is 0 Å². The quantitative estimate of drug-likeness (QED) is 0.648. The van der Waals surface area contributed by atoms with Crippen LogP contribution in [0.15, 0.2) is 60.8 Å². The van der Waals surface area contributed by atoms with Crippen LogP contribution in [0.4, 0.5) is 4.79 Å². The maximum absolute atomic E-state index is 10.5. The number of benzene rings is 2. The van der Waals surface area contributed by atoms with Gasteiger partial charge in [0.25, 0.3) is 0 Å². The molecule has 0 saturated heterocycles. The summed E-state index contributed by atoms with van der Waals surface area (Å²) in [4.78, 5) is 18.3. The second-order valence-electron chi connectivity index (χ2n) is 5.67. The Morgan fingerprint density at radius 2 is 1.86 bits per heavy atom. The van der Waals surface area contributed by atoms with E-state index < -0.39 is 6.09 Å². The zero-order chi connectivity index (χ0) is 19.8. The highest BCUT2D eigenvalue weighted by molar-refractivity contribution is 5.64. The van der Waals surface area contributed by atoms with Gasteiger partial charge in [0.05, 0.1) is 0 Å². The molecule has 140 valence electrons. The minimum Gasteiger partial charge on any atom is -0.489 e. The number of nitrogens with one attached hydrogen (secondary N) is 1. The van der Waals surface area contributed by atoms with Crippen molar-refractivity contribution < 1.29 is 19.4 Å². The van der Waals surface area contributed by atoms with Crippen LogP contribution in [-0.2, 0) is 13.2 Å². The molecule has 0 aliphatic rings. The van der Waals surface area contributed by atoms with Crippen molar-refractivity contribution in [3.63, 3.8) is 0 Å². The van der Waals surface area contributed by atoms with E-state index in [1.807, 2.05) is 30.3 Å².